The fourth-order valence-corrected chi connectivity index (χ4v) is 10.9. The Kier molecular flexibility index (Phi) is 54.7. The smallest absolute Gasteiger partial charge is 0.220 e. The van der Waals surface area contributed by atoms with Gasteiger partial charge in [-0.1, -0.05) is 270 Å². The predicted molar refractivity (Wildman–Crippen MR) is 373 cm³/mol. The molecule has 0 spiro atoms. The molecule has 14 heteroatoms. The van der Waals surface area contributed by atoms with Gasteiger partial charge in [0, 0.05) is 6.42 Å². The van der Waals surface area contributed by atoms with Gasteiger partial charge < -0.3 is 65.1 Å². The SMILES string of the molecule is CC/C=C\C/C=C\C/C=C\C/C=C\C/C=C\C/C=C\C/C=C\C/C=C\CCCCCCCCCCCCC(=O)NC(COC1OC(CO)C(OC2OC(CO)C(O)C(O)C2O)C(O)C1O)C(O)/C=C/CC/C=C/CC/C=C/CCCCCCCCCCCCCC. The van der Waals surface area contributed by atoms with Gasteiger partial charge in [-0.05, 0) is 109 Å². The topological polar surface area (TPSA) is 228 Å². The summed E-state index contributed by atoms with van der Waals surface area (Å²) in [5.41, 5.74) is 0. The van der Waals surface area contributed by atoms with Crippen LogP contribution in [0, 0.1) is 0 Å². The molecule has 0 aromatic carbocycles. The summed E-state index contributed by atoms with van der Waals surface area (Å²) in [7, 11) is 0. The Morgan fingerprint density at radius 3 is 1.21 bits per heavy atom. The number of hydrogen-bond donors (Lipinski definition) is 9. The molecule has 2 heterocycles. The van der Waals surface area contributed by atoms with Crippen molar-refractivity contribution in [1.82, 2.24) is 5.32 Å². The van der Waals surface area contributed by atoms with E-state index in [1.807, 2.05) is 6.08 Å². The van der Waals surface area contributed by atoms with Gasteiger partial charge in [-0.15, -0.1) is 0 Å². The van der Waals surface area contributed by atoms with Crippen molar-refractivity contribution in [2.75, 3.05) is 19.8 Å². The van der Waals surface area contributed by atoms with Gasteiger partial charge in [0.05, 0.1) is 32.0 Å². The standard InChI is InChI=1S/C77H129NO13/c1-3-5-7-9-11-13-15-17-19-21-23-25-27-28-29-30-31-32-33-34-35-36-37-38-39-41-43-45-47-49-51-53-55-57-59-61-69(82)78-65(64-88-76-74(87)72(85)75(68(63-80)90-76)91-77-73(86)71(84)70(83)67(62-79)89-77)66(81)60-58-56-54-52-50-48-46-44-42-40-26-24-22-20-18-16-14-12-10-8-6-4-2/h5,7,11,13,17,19,23,25,28-29,31-32,34-35,37-38,42,44,50,52,58,60,65-68,70-77,79-81,83-87H,3-4,6,8-10,12,14-16,18,20-22,24,26-27,30,33,36,39-41,43,45-49,51,53-57,59,61-64H2,1-2H3,(H,78,82)/b7-5-,13-11-,19-17-,25-23-,29-28-,32-31-,35-34-,38-37-,44-42+,52-50+,60-58+. The molecule has 0 aromatic heterocycles. The zero-order valence-electron chi connectivity index (χ0n) is 56.5. The van der Waals surface area contributed by atoms with Crippen molar-refractivity contribution in [2.24, 2.45) is 0 Å². The maximum atomic E-state index is 13.3. The number of rotatable bonds is 57. The second-order valence-corrected chi connectivity index (χ2v) is 24.6. The lowest BCUT2D eigenvalue weighted by atomic mass is 9.97. The van der Waals surface area contributed by atoms with E-state index < -0.39 is 86.8 Å². The monoisotopic (exact) mass is 1280 g/mol. The van der Waals surface area contributed by atoms with Crippen LogP contribution in [-0.4, -0.2) is 140 Å². The minimum atomic E-state index is -1.80. The molecule has 14 nitrogen and oxygen atoms in total. The van der Waals surface area contributed by atoms with Crippen LogP contribution < -0.4 is 5.32 Å². The molecule has 2 aliphatic heterocycles. The molecule has 0 saturated carbocycles. The molecule has 0 aliphatic carbocycles. The van der Waals surface area contributed by atoms with Crippen molar-refractivity contribution in [3.63, 3.8) is 0 Å². The summed E-state index contributed by atoms with van der Waals surface area (Å²) < 4.78 is 22.8. The van der Waals surface area contributed by atoms with Gasteiger partial charge in [0.2, 0.25) is 5.91 Å². The summed E-state index contributed by atoms with van der Waals surface area (Å²) in [5.74, 6) is -0.262. The summed E-state index contributed by atoms with van der Waals surface area (Å²) in [4.78, 5) is 13.3. The van der Waals surface area contributed by atoms with Crippen molar-refractivity contribution >= 4 is 5.91 Å². The highest BCUT2D eigenvalue weighted by atomic mass is 16.7. The summed E-state index contributed by atoms with van der Waals surface area (Å²) >= 11 is 0. The van der Waals surface area contributed by atoms with Crippen LogP contribution in [0.4, 0.5) is 0 Å². The number of carbonyl (C=O) groups is 1. The third-order valence-electron chi connectivity index (χ3n) is 16.5. The van der Waals surface area contributed by atoms with Crippen LogP contribution in [0.15, 0.2) is 134 Å². The van der Waals surface area contributed by atoms with Crippen molar-refractivity contribution in [3.05, 3.63) is 134 Å². The molecule has 2 saturated heterocycles. The van der Waals surface area contributed by atoms with Crippen LogP contribution in [0.1, 0.15) is 251 Å². The predicted octanol–water partition coefficient (Wildman–Crippen LogP) is 15.1. The third kappa shape index (κ3) is 43.7. The highest BCUT2D eigenvalue weighted by Crippen LogP contribution is 2.30. The van der Waals surface area contributed by atoms with Gasteiger partial charge in [0.1, 0.15) is 48.8 Å². The van der Waals surface area contributed by atoms with Gasteiger partial charge in [-0.2, -0.15) is 0 Å². The molecular formula is C77H129NO13. The van der Waals surface area contributed by atoms with Crippen molar-refractivity contribution < 1.29 is 64.6 Å². The van der Waals surface area contributed by atoms with Crippen LogP contribution >= 0.6 is 0 Å². The summed E-state index contributed by atoms with van der Waals surface area (Å²) in [6.07, 6.45) is 72.1. The Hall–Kier alpha value is -3.87. The fourth-order valence-electron chi connectivity index (χ4n) is 10.9. The Morgan fingerprint density at radius 2 is 0.769 bits per heavy atom. The number of hydrogen-bond acceptors (Lipinski definition) is 13. The summed E-state index contributed by atoms with van der Waals surface area (Å²) in [6.45, 7) is 2.66. The van der Waals surface area contributed by atoms with Crippen molar-refractivity contribution in [2.45, 2.75) is 325 Å². The van der Waals surface area contributed by atoms with Gasteiger partial charge in [0.25, 0.3) is 0 Å². The van der Waals surface area contributed by atoms with Gasteiger partial charge in [-0.3, -0.25) is 4.79 Å². The maximum Gasteiger partial charge on any atom is 0.220 e. The quantitative estimate of drug-likeness (QED) is 0.0204. The van der Waals surface area contributed by atoms with Gasteiger partial charge in [0.15, 0.2) is 12.6 Å². The van der Waals surface area contributed by atoms with E-state index in [1.165, 1.54) is 116 Å². The molecule has 91 heavy (non-hydrogen) atoms. The highest BCUT2D eigenvalue weighted by molar-refractivity contribution is 5.76. The Bertz CT molecular complexity index is 2040. The second-order valence-electron chi connectivity index (χ2n) is 24.6. The number of aliphatic hydroxyl groups is 8. The normalized spacial score (nSPS) is 23.6. The first-order valence-corrected chi connectivity index (χ1v) is 35.9. The van der Waals surface area contributed by atoms with E-state index in [9.17, 15) is 45.6 Å². The highest BCUT2D eigenvalue weighted by Gasteiger charge is 2.51. The molecule has 520 valence electrons. The maximum absolute atomic E-state index is 13.3. The molecule has 2 rings (SSSR count). The van der Waals surface area contributed by atoms with E-state index in [4.69, 9.17) is 18.9 Å². The van der Waals surface area contributed by atoms with Crippen molar-refractivity contribution in [1.29, 1.82) is 0 Å². The van der Waals surface area contributed by atoms with E-state index in [1.54, 1.807) is 6.08 Å². The zero-order valence-corrected chi connectivity index (χ0v) is 56.5. The first-order chi connectivity index (χ1) is 44.6. The van der Waals surface area contributed by atoms with Gasteiger partial charge in [-0.25, -0.2) is 0 Å². The first kappa shape index (κ1) is 83.2. The van der Waals surface area contributed by atoms with E-state index >= 15 is 0 Å². The fraction of sp³-hybridized carbons (Fsp3) is 0.701. The molecule has 12 unspecified atom stereocenters. The minimum absolute atomic E-state index is 0.256. The van der Waals surface area contributed by atoms with E-state index in [-0.39, 0.29) is 18.9 Å². The molecular weight excluding hydrogens is 1150 g/mol. The number of carbonyl (C=O) groups excluding carboxylic acids is 1. The number of unbranched alkanes of at least 4 members (excludes halogenated alkanes) is 24. The van der Waals surface area contributed by atoms with Gasteiger partial charge >= 0.3 is 0 Å². The lowest BCUT2D eigenvalue weighted by Gasteiger charge is -2.46. The number of nitrogens with one attached hydrogen (secondary N) is 1. The number of amides is 1. The zero-order chi connectivity index (χ0) is 65.9. The largest absolute Gasteiger partial charge is 0.394 e. The van der Waals surface area contributed by atoms with Crippen LogP contribution in [0.3, 0.4) is 0 Å². The van der Waals surface area contributed by atoms with Crippen LogP contribution in [-0.2, 0) is 23.7 Å². The van der Waals surface area contributed by atoms with Crippen molar-refractivity contribution in [3.8, 4) is 0 Å². The third-order valence-corrected chi connectivity index (χ3v) is 16.5. The molecule has 9 N–H and O–H groups in total. The minimum Gasteiger partial charge on any atom is -0.394 e. The first-order valence-electron chi connectivity index (χ1n) is 35.9. The average molecular weight is 1280 g/mol. The molecule has 1 amide bonds. The van der Waals surface area contributed by atoms with Crippen LogP contribution in [0.25, 0.3) is 0 Å². The van der Waals surface area contributed by atoms with Crippen LogP contribution in [0.5, 0.6) is 0 Å². The molecule has 0 aromatic rings. The molecule has 0 bridgehead atoms. The Balaban J connectivity index is 1.69. The Labute approximate surface area is 551 Å². The molecule has 12 atom stereocenters. The molecule has 2 aliphatic rings. The lowest BCUT2D eigenvalue weighted by Crippen LogP contribution is -2.65. The molecule has 2 fully saturated rings. The second kappa shape index (κ2) is 59.8. The Morgan fingerprint density at radius 1 is 0.407 bits per heavy atom. The number of ether oxygens (including phenoxy) is 4. The summed E-state index contributed by atoms with van der Waals surface area (Å²) in [6, 6.07) is -0.951. The average Bonchev–Trinajstić information content (AvgIpc) is 0.888. The number of aliphatic hydroxyl groups excluding tert-OH is 8. The summed E-state index contributed by atoms with van der Waals surface area (Å²) in [5, 5.41) is 87.4. The van der Waals surface area contributed by atoms with E-state index in [0.29, 0.717) is 12.8 Å². The molecule has 0 radical (unpaired) electrons. The van der Waals surface area contributed by atoms with Crippen LogP contribution in [0.2, 0.25) is 0 Å². The van der Waals surface area contributed by atoms with E-state index in [0.717, 1.165) is 103 Å². The number of allylic oxidation sites excluding steroid dienone is 21. The lowest BCUT2D eigenvalue weighted by molar-refractivity contribution is -0.359. The van der Waals surface area contributed by atoms with E-state index in [2.05, 4.69) is 141 Å².